The van der Waals surface area contributed by atoms with Crippen LogP contribution in [0.2, 0.25) is 5.02 Å². The van der Waals surface area contributed by atoms with Gasteiger partial charge in [0.05, 0.1) is 11.3 Å². The summed E-state index contributed by atoms with van der Waals surface area (Å²) in [6, 6.07) is 37.6. The Morgan fingerprint density at radius 2 is 1.35 bits per heavy atom. The van der Waals surface area contributed by atoms with Gasteiger partial charge in [0.15, 0.2) is 5.60 Å². The van der Waals surface area contributed by atoms with Crippen molar-refractivity contribution in [2.24, 2.45) is 0 Å². The summed E-state index contributed by atoms with van der Waals surface area (Å²) in [5, 5.41) is 0.478. The van der Waals surface area contributed by atoms with Crippen LogP contribution >= 0.6 is 11.6 Å². The molecule has 6 heteroatoms. The lowest BCUT2D eigenvalue weighted by atomic mass is 9.80. The van der Waals surface area contributed by atoms with E-state index in [4.69, 9.17) is 16.3 Å². The first-order valence-electron chi connectivity index (χ1n) is 12.8. The number of rotatable bonds is 8. The molecule has 0 bridgehead atoms. The first kappa shape index (κ1) is 26.9. The Morgan fingerprint density at radius 3 is 1.82 bits per heavy atom. The van der Waals surface area contributed by atoms with Crippen LogP contribution in [0.4, 0.5) is 0 Å². The van der Waals surface area contributed by atoms with Gasteiger partial charge in [-0.05, 0) is 35.9 Å². The van der Waals surface area contributed by atoms with Gasteiger partial charge < -0.3 is 9.64 Å². The standard InChI is InChI=1S/C34H28ClN3O2/c1-38(2)33(39)31(32-18-19-36-24-37-32)22-25-20-29(35)23-30(21-25)40-34(26-12-6-3-7-13-26,27-14-8-4-9-15-27)28-16-10-5-11-17-28/h3-24H,1-2H3. The highest BCUT2D eigenvalue weighted by Crippen LogP contribution is 2.42. The Morgan fingerprint density at radius 1 is 0.800 bits per heavy atom. The highest BCUT2D eigenvalue weighted by molar-refractivity contribution is 6.31. The average molecular weight is 546 g/mol. The fourth-order valence-corrected chi connectivity index (χ4v) is 4.94. The van der Waals surface area contributed by atoms with Gasteiger partial charge in [0.2, 0.25) is 0 Å². The second-order valence-corrected chi connectivity index (χ2v) is 9.89. The molecule has 0 unspecified atom stereocenters. The Labute approximate surface area is 239 Å². The van der Waals surface area contributed by atoms with Crippen LogP contribution in [0.5, 0.6) is 5.75 Å². The zero-order valence-corrected chi connectivity index (χ0v) is 23.0. The summed E-state index contributed by atoms with van der Waals surface area (Å²) in [6.45, 7) is 0. The molecule has 4 aromatic carbocycles. The summed E-state index contributed by atoms with van der Waals surface area (Å²) in [4.78, 5) is 22.9. The number of benzene rings is 4. The van der Waals surface area contributed by atoms with Crippen molar-refractivity contribution in [3.05, 3.63) is 161 Å². The van der Waals surface area contributed by atoms with Crippen LogP contribution in [0, 0.1) is 0 Å². The number of carbonyl (C=O) groups is 1. The summed E-state index contributed by atoms with van der Waals surface area (Å²) in [5.41, 5.74) is 3.57. The quantitative estimate of drug-likeness (QED) is 0.154. The molecular formula is C34H28ClN3O2. The molecule has 0 saturated carbocycles. The first-order chi connectivity index (χ1) is 19.5. The van der Waals surface area contributed by atoms with Gasteiger partial charge in [0, 0.05) is 42.0 Å². The Bertz CT molecular complexity index is 1510. The van der Waals surface area contributed by atoms with Gasteiger partial charge in [0.1, 0.15) is 12.1 Å². The lowest BCUT2D eigenvalue weighted by molar-refractivity contribution is -0.122. The molecular weight excluding hydrogens is 518 g/mol. The first-order valence-corrected chi connectivity index (χ1v) is 13.2. The van der Waals surface area contributed by atoms with E-state index in [1.54, 1.807) is 44.6 Å². The van der Waals surface area contributed by atoms with Crippen LogP contribution in [0.25, 0.3) is 11.6 Å². The summed E-state index contributed by atoms with van der Waals surface area (Å²) < 4.78 is 7.04. The number of ether oxygens (including phenoxy) is 1. The topological polar surface area (TPSA) is 55.3 Å². The zero-order valence-electron chi connectivity index (χ0n) is 22.2. The van der Waals surface area contributed by atoms with E-state index in [9.17, 15) is 4.79 Å². The highest BCUT2D eigenvalue weighted by atomic mass is 35.5. The lowest BCUT2D eigenvalue weighted by Crippen LogP contribution is -2.36. The number of hydrogen-bond acceptors (Lipinski definition) is 4. The summed E-state index contributed by atoms with van der Waals surface area (Å²) in [6.07, 6.45) is 4.81. The monoisotopic (exact) mass is 545 g/mol. The van der Waals surface area contributed by atoms with E-state index in [0.717, 1.165) is 16.7 Å². The number of carbonyl (C=O) groups excluding carboxylic acids is 1. The van der Waals surface area contributed by atoms with Gasteiger partial charge in [0.25, 0.3) is 5.91 Å². The highest BCUT2D eigenvalue weighted by Gasteiger charge is 2.39. The molecule has 0 aliphatic rings. The van der Waals surface area contributed by atoms with Gasteiger partial charge in [-0.15, -0.1) is 0 Å². The van der Waals surface area contributed by atoms with Crippen LogP contribution in [-0.2, 0) is 10.4 Å². The zero-order chi connectivity index (χ0) is 28.0. The number of likely N-dealkylation sites (N-methyl/N-ethyl adjacent to an activating group) is 1. The average Bonchev–Trinajstić information content (AvgIpc) is 3.00. The molecule has 40 heavy (non-hydrogen) atoms. The Hall–Kier alpha value is -4.74. The summed E-state index contributed by atoms with van der Waals surface area (Å²) >= 11 is 6.66. The molecule has 0 N–H and O–H groups in total. The largest absolute Gasteiger partial charge is 0.473 e. The minimum Gasteiger partial charge on any atom is -0.473 e. The van der Waals surface area contributed by atoms with Gasteiger partial charge in [-0.1, -0.05) is 103 Å². The molecule has 5 nitrogen and oxygen atoms in total. The second-order valence-electron chi connectivity index (χ2n) is 9.45. The Kier molecular flexibility index (Phi) is 8.04. The third-order valence-electron chi connectivity index (χ3n) is 6.51. The minimum atomic E-state index is -0.968. The maximum atomic E-state index is 13.1. The Balaban J connectivity index is 1.69. The van der Waals surface area contributed by atoms with Gasteiger partial charge >= 0.3 is 0 Å². The molecule has 1 heterocycles. The normalized spacial score (nSPS) is 11.6. The van der Waals surface area contributed by atoms with Gasteiger partial charge in [-0.2, -0.15) is 0 Å². The molecule has 5 rings (SSSR count). The van der Waals surface area contributed by atoms with Crippen LogP contribution in [-0.4, -0.2) is 34.9 Å². The van der Waals surface area contributed by atoms with Gasteiger partial charge in [-0.3, -0.25) is 4.79 Å². The van der Waals surface area contributed by atoms with E-state index in [0.29, 0.717) is 27.6 Å². The molecule has 0 fully saturated rings. The van der Waals surface area contributed by atoms with Crippen molar-refractivity contribution < 1.29 is 9.53 Å². The predicted octanol–water partition coefficient (Wildman–Crippen LogP) is 7.13. The maximum Gasteiger partial charge on any atom is 0.255 e. The second kappa shape index (κ2) is 12.0. The molecule has 1 amide bonds. The lowest BCUT2D eigenvalue weighted by Gasteiger charge is -2.36. The van der Waals surface area contributed by atoms with Gasteiger partial charge in [-0.25, -0.2) is 9.97 Å². The van der Waals surface area contributed by atoms with E-state index in [-0.39, 0.29) is 5.91 Å². The molecule has 0 radical (unpaired) electrons. The predicted molar refractivity (Wildman–Crippen MR) is 160 cm³/mol. The van der Waals surface area contributed by atoms with Crippen LogP contribution in [0.3, 0.4) is 0 Å². The molecule has 0 spiro atoms. The molecule has 0 aliphatic carbocycles. The van der Waals surface area contributed by atoms with E-state index >= 15 is 0 Å². The van der Waals surface area contributed by atoms with E-state index < -0.39 is 5.60 Å². The number of halogens is 1. The number of nitrogens with zero attached hydrogens (tertiary/aromatic N) is 3. The van der Waals surface area contributed by atoms with E-state index in [2.05, 4.69) is 46.4 Å². The fourth-order valence-electron chi connectivity index (χ4n) is 4.70. The van der Waals surface area contributed by atoms with Crippen molar-refractivity contribution in [1.29, 1.82) is 0 Å². The summed E-state index contributed by atoms with van der Waals surface area (Å²) in [7, 11) is 3.41. The fraction of sp³-hybridized carbons (Fsp3) is 0.0882. The number of aromatic nitrogens is 2. The van der Waals surface area contributed by atoms with Crippen molar-refractivity contribution in [1.82, 2.24) is 14.9 Å². The molecule has 198 valence electrons. The van der Waals surface area contributed by atoms with Crippen LogP contribution in [0.15, 0.2) is 128 Å². The van der Waals surface area contributed by atoms with E-state index in [1.807, 2.05) is 60.7 Å². The van der Waals surface area contributed by atoms with Crippen molar-refractivity contribution in [2.75, 3.05) is 14.1 Å². The van der Waals surface area contributed by atoms with Crippen LogP contribution < -0.4 is 4.74 Å². The van der Waals surface area contributed by atoms with Crippen molar-refractivity contribution in [2.45, 2.75) is 5.60 Å². The SMILES string of the molecule is CN(C)C(=O)C(=Cc1cc(Cl)cc(OC(c2ccccc2)(c2ccccc2)c2ccccc2)c1)c1ccncn1. The van der Waals surface area contributed by atoms with E-state index in [1.165, 1.54) is 11.2 Å². The molecule has 1 aromatic heterocycles. The summed E-state index contributed by atoms with van der Waals surface area (Å²) in [5.74, 6) is 0.364. The molecule has 5 aromatic rings. The molecule has 0 saturated heterocycles. The maximum absolute atomic E-state index is 13.1. The third-order valence-corrected chi connectivity index (χ3v) is 6.73. The number of amides is 1. The van der Waals surface area contributed by atoms with Crippen molar-refractivity contribution in [3.8, 4) is 5.75 Å². The third kappa shape index (κ3) is 5.65. The van der Waals surface area contributed by atoms with Crippen molar-refractivity contribution >= 4 is 29.2 Å². The van der Waals surface area contributed by atoms with Crippen LogP contribution in [0.1, 0.15) is 27.9 Å². The van der Waals surface area contributed by atoms with Crippen molar-refractivity contribution in [3.63, 3.8) is 0 Å². The minimum absolute atomic E-state index is 0.187. The smallest absolute Gasteiger partial charge is 0.255 e. The molecule has 0 aliphatic heterocycles. The molecule has 0 atom stereocenters. The number of hydrogen-bond donors (Lipinski definition) is 0.